The zero-order chi connectivity index (χ0) is 11.1. The van der Waals surface area contributed by atoms with Crippen LogP contribution in [0.1, 0.15) is 19.8 Å². The number of nitrogens with two attached hydrogens (primary N) is 1. The smallest absolute Gasteiger partial charge is 0.0363 e. The third kappa shape index (κ3) is 3.92. The van der Waals surface area contributed by atoms with Gasteiger partial charge in [-0.25, -0.2) is 0 Å². The number of hydrogen-bond acceptors (Lipinski definition) is 2. The van der Waals surface area contributed by atoms with Gasteiger partial charge in [0, 0.05) is 19.3 Å². The quantitative estimate of drug-likeness (QED) is 0.775. The van der Waals surface area contributed by atoms with Gasteiger partial charge in [-0.2, -0.15) is 0 Å². The van der Waals surface area contributed by atoms with Crippen molar-refractivity contribution in [1.82, 2.24) is 0 Å². The molecule has 0 aliphatic carbocycles. The molecule has 0 spiro atoms. The van der Waals surface area contributed by atoms with Crippen LogP contribution in [0.5, 0.6) is 0 Å². The monoisotopic (exact) mass is 206 g/mol. The average Bonchev–Trinajstić information content (AvgIpc) is 2.31. The van der Waals surface area contributed by atoms with Gasteiger partial charge in [-0.3, -0.25) is 0 Å². The van der Waals surface area contributed by atoms with Crippen molar-refractivity contribution in [2.24, 2.45) is 11.7 Å². The lowest BCUT2D eigenvalue weighted by molar-refractivity contribution is 0.483. The zero-order valence-electron chi connectivity index (χ0n) is 9.82. The fraction of sp³-hybridized carbons (Fsp3) is 0.538. The second kappa shape index (κ2) is 6.46. The maximum Gasteiger partial charge on any atom is 0.0363 e. The standard InChI is InChI=1S/C13H22N2/c1-3-12(11-14)9-10-15(2)13-7-5-4-6-8-13/h4-8,12H,3,9-11,14H2,1-2H3. The molecule has 0 fully saturated rings. The van der Waals surface area contributed by atoms with E-state index in [0.29, 0.717) is 5.92 Å². The summed E-state index contributed by atoms with van der Waals surface area (Å²) in [5.41, 5.74) is 6.97. The molecule has 0 radical (unpaired) electrons. The molecule has 84 valence electrons. The molecule has 1 aromatic carbocycles. The molecule has 1 rings (SSSR count). The van der Waals surface area contributed by atoms with Crippen LogP contribution >= 0.6 is 0 Å². The molecule has 0 saturated carbocycles. The van der Waals surface area contributed by atoms with Gasteiger partial charge in [0.25, 0.3) is 0 Å². The van der Waals surface area contributed by atoms with E-state index in [1.54, 1.807) is 0 Å². The highest BCUT2D eigenvalue weighted by Crippen LogP contribution is 2.13. The van der Waals surface area contributed by atoms with Crippen molar-refractivity contribution < 1.29 is 0 Å². The molecule has 2 nitrogen and oxygen atoms in total. The van der Waals surface area contributed by atoms with Crippen LogP contribution in [0.15, 0.2) is 30.3 Å². The fourth-order valence-corrected chi connectivity index (χ4v) is 1.68. The third-order valence-electron chi connectivity index (χ3n) is 2.98. The van der Waals surface area contributed by atoms with Gasteiger partial charge in [-0.1, -0.05) is 31.5 Å². The number of anilines is 1. The summed E-state index contributed by atoms with van der Waals surface area (Å²) in [4.78, 5) is 2.29. The van der Waals surface area contributed by atoms with Crippen LogP contribution in [-0.4, -0.2) is 20.1 Å². The van der Waals surface area contributed by atoms with E-state index >= 15 is 0 Å². The van der Waals surface area contributed by atoms with Gasteiger partial charge < -0.3 is 10.6 Å². The first kappa shape index (κ1) is 12.1. The maximum atomic E-state index is 5.69. The molecule has 0 aliphatic rings. The summed E-state index contributed by atoms with van der Waals surface area (Å²) in [5.74, 6) is 0.663. The molecule has 0 aromatic heterocycles. The van der Waals surface area contributed by atoms with Crippen molar-refractivity contribution in [2.75, 3.05) is 25.0 Å². The Kier molecular flexibility index (Phi) is 5.19. The number of nitrogens with zero attached hydrogens (tertiary/aromatic N) is 1. The van der Waals surface area contributed by atoms with Crippen molar-refractivity contribution >= 4 is 5.69 Å². The van der Waals surface area contributed by atoms with Gasteiger partial charge in [0.05, 0.1) is 0 Å². The molecule has 0 aliphatic heterocycles. The topological polar surface area (TPSA) is 29.3 Å². The van der Waals surface area contributed by atoms with Crippen LogP contribution in [0.4, 0.5) is 5.69 Å². The van der Waals surface area contributed by atoms with E-state index in [9.17, 15) is 0 Å². The van der Waals surface area contributed by atoms with Crippen molar-refractivity contribution in [3.8, 4) is 0 Å². The van der Waals surface area contributed by atoms with E-state index in [-0.39, 0.29) is 0 Å². The lowest BCUT2D eigenvalue weighted by Gasteiger charge is -2.21. The van der Waals surface area contributed by atoms with Crippen LogP contribution in [-0.2, 0) is 0 Å². The van der Waals surface area contributed by atoms with Gasteiger partial charge in [-0.15, -0.1) is 0 Å². The number of rotatable bonds is 6. The van der Waals surface area contributed by atoms with Crippen molar-refractivity contribution in [3.63, 3.8) is 0 Å². The highest BCUT2D eigenvalue weighted by molar-refractivity contribution is 5.44. The number of benzene rings is 1. The summed E-state index contributed by atoms with van der Waals surface area (Å²) in [7, 11) is 2.14. The van der Waals surface area contributed by atoms with Crippen LogP contribution in [0.3, 0.4) is 0 Å². The molecular formula is C13H22N2. The van der Waals surface area contributed by atoms with Crippen LogP contribution in [0.25, 0.3) is 0 Å². The predicted octanol–water partition coefficient (Wildman–Crippen LogP) is 2.50. The normalized spacial score (nSPS) is 12.5. The SMILES string of the molecule is CCC(CN)CCN(C)c1ccccc1. The van der Waals surface area contributed by atoms with Gasteiger partial charge in [0.2, 0.25) is 0 Å². The van der Waals surface area contributed by atoms with E-state index in [0.717, 1.165) is 13.1 Å². The maximum absolute atomic E-state index is 5.69. The Hall–Kier alpha value is -1.02. The second-order valence-electron chi connectivity index (χ2n) is 4.06. The lowest BCUT2D eigenvalue weighted by Crippen LogP contribution is -2.23. The van der Waals surface area contributed by atoms with Gasteiger partial charge in [0.15, 0.2) is 0 Å². The molecule has 0 heterocycles. The van der Waals surface area contributed by atoms with Gasteiger partial charge in [-0.05, 0) is 31.0 Å². The van der Waals surface area contributed by atoms with E-state index in [1.807, 2.05) is 6.07 Å². The Labute approximate surface area is 93.1 Å². The third-order valence-corrected chi connectivity index (χ3v) is 2.98. The molecule has 15 heavy (non-hydrogen) atoms. The second-order valence-corrected chi connectivity index (χ2v) is 4.06. The summed E-state index contributed by atoms with van der Waals surface area (Å²) in [6.45, 7) is 4.10. The summed E-state index contributed by atoms with van der Waals surface area (Å²) in [6.07, 6.45) is 2.36. The minimum absolute atomic E-state index is 0.663. The molecule has 2 N–H and O–H groups in total. The molecule has 0 saturated heterocycles. The zero-order valence-corrected chi connectivity index (χ0v) is 9.82. The molecule has 0 bridgehead atoms. The Morgan fingerprint density at radius 2 is 1.93 bits per heavy atom. The summed E-state index contributed by atoms with van der Waals surface area (Å²) >= 11 is 0. The molecule has 2 heteroatoms. The summed E-state index contributed by atoms with van der Waals surface area (Å²) in [6, 6.07) is 10.5. The van der Waals surface area contributed by atoms with E-state index < -0.39 is 0 Å². The van der Waals surface area contributed by atoms with E-state index in [2.05, 4.69) is 43.1 Å². The number of hydrogen-bond donors (Lipinski definition) is 1. The fourth-order valence-electron chi connectivity index (χ4n) is 1.68. The average molecular weight is 206 g/mol. The minimum atomic E-state index is 0.663. The Morgan fingerprint density at radius 1 is 1.27 bits per heavy atom. The van der Waals surface area contributed by atoms with Crippen LogP contribution in [0, 0.1) is 5.92 Å². The molecule has 1 atom stereocenters. The van der Waals surface area contributed by atoms with Crippen LogP contribution in [0.2, 0.25) is 0 Å². The highest BCUT2D eigenvalue weighted by atomic mass is 15.1. The number of para-hydroxylation sites is 1. The Bertz CT molecular complexity index is 254. The van der Waals surface area contributed by atoms with Crippen molar-refractivity contribution in [3.05, 3.63) is 30.3 Å². The minimum Gasteiger partial charge on any atom is -0.375 e. The Morgan fingerprint density at radius 3 is 2.47 bits per heavy atom. The van der Waals surface area contributed by atoms with Crippen molar-refractivity contribution in [2.45, 2.75) is 19.8 Å². The molecular weight excluding hydrogens is 184 g/mol. The largest absolute Gasteiger partial charge is 0.375 e. The molecule has 0 amide bonds. The first-order valence-electron chi connectivity index (χ1n) is 5.74. The predicted molar refractivity (Wildman–Crippen MR) is 67.2 cm³/mol. The summed E-state index contributed by atoms with van der Waals surface area (Å²) in [5, 5.41) is 0. The highest BCUT2D eigenvalue weighted by Gasteiger charge is 2.06. The van der Waals surface area contributed by atoms with Crippen LogP contribution < -0.4 is 10.6 Å². The van der Waals surface area contributed by atoms with Gasteiger partial charge in [0.1, 0.15) is 0 Å². The summed E-state index contributed by atoms with van der Waals surface area (Å²) < 4.78 is 0. The van der Waals surface area contributed by atoms with Gasteiger partial charge >= 0.3 is 0 Å². The lowest BCUT2D eigenvalue weighted by atomic mass is 10.0. The first-order valence-corrected chi connectivity index (χ1v) is 5.74. The van der Waals surface area contributed by atoms with E-state index in [1.165, 1.54) is 18.5 Å². The van der Waals surface area contributed by atoms with Crippen molar-refractivity contribution in [1.29, 1.82) is 0 Å². The Balaban J connectivity index is 2.39. The molecule has 1 aromatic rings. The molecule has 1 unspecified atom stereocenters. The van der Waals surface area contributed by atoms with E-state index in [4.69, 9.17) is 5.73 Å². The first-order chi connectivity index (χ1) is 7.27.